The third-order valence-corrected chi connectivity index (χ3v) is 8.28. The highest BCUT2D eigenvalue weighted by atomic mass is 79.9. The van der Waals surface area contributed by atoms with Gasteiger partial charge in [0, 0.05) is 16.6 Å². The lowest BCUT2D eigenvalue weighted by molar-refractivity contribution is -0.139. The zero-order chi connectivity index (χ0) is 28.0. The highest BCUT2D eigenvalue weighted by molar-refractivity contribution is 9.10. The molecule has 0 bridgehead atoms. The summed E-state index contributed by atoms with van der Waals surface area (Å²) < 4.78 is 0.801. The Morgan fingerprint density at radius 3 is 1.87 bits per heavy atom. The first-order chi connectivity index (χ1) is 18.9. The summed E-state index contributed by atoms with van der Waals surface area (Å²) in [6.07, 6.45) is 17.8. The lowest BCUT2D eigenvalue weighted by atomic mass is 9.94. The van der Waals surface area contributed by atoms with Crippen molar-refractivity contribution in [1.82, 2.24) is 4.90 Å². The van der Waals surface area contributed by atoms with Gasteiger partial charge in [-0.05, 0) is 31.0 Å². The van der Waals surface area contributed by atoms with Crippen LogP contribution in [0.15, 0.2) is 58.6 Å². The van der Waals surface area contributed by atoms with Crippen LogP contribution in [0, 0.1) is 6.92 Å². The Labute approximate surface area is 244 Å². The van der Waals surface area contributed by atoms with Gasteiger partial charge in [-0.2, -0.15) is 0 Å². The molecular weight excluding hydrogens is 550 g/mol. The first-order valence-corrected chi connectivity index (χ1v) is 15.8. The zero-order valence-corrected chi connectivity index (χ0v) is 25.5. The summed E-state index contributed by atoms with van der Waals surface area (Å²) in [6.45, 7) is 4.79. The minimum absolute atomic E-state index is 0.122. The van der Waals surface area contributed by atoms with Gasteiger partial charge in [0.2, 0.25) is 0 Å². The normalized spacial score (nSPS) is 16.8. The van der Waals surface area contributed by atoms with Gasteiger partial charge in [-0.3, -0.25) is 9.59 Å². The van der Waals surface area contributed by atoms with E-state index in [0.717, 1.165) is 34.9 Å². The zero-order valence-electron chi connectivity index (χ0n) is 23.9. The lowest BCUT2D eigenvalue weighted by Gasteiger charge is -2.25. The van der Waals surface area contributed by atoms with E-state index < -0.39 is 17.7 Å². The first-order valence-electron chi connectivity index (χ1n) is 15.0. The second kappa shape index (κ2) is 16.6. The van der Waals surface area contributed by atoms with E-state index in [2.05, 4.69) is 22.9 Å². The summed E-state index contributed by atoms with van der Waals surface area (Å²) in [6, 6.07) is 14.5. The van der Waals surface area contributed by atoms with Crippen LogP contribution in [0.1, 0.15) is 120 Å². The van der Waals surface area contributed by atoms with Crippen molar-refractivity contribution in [3.8, 4) is 0 Å². The van der Waals surface area contributed by atoms with Crippen LogP contribution in [-0.2, 0) is 9.59 Å². The number of ketones is 1. The van der Waals surface area contributed by atoms with Gasteiger partial charge in [0.15, 0.2) is 0 Å². The summed E-state index contributed by atoms with van der Waals surface area (Å²) in [4.78, 5) is 28.0. The fraction of sp³-hybridized carbons (Fsp3) is 0.529. The number of hydrogen-bond donors (Lipinski definition) is 1. The minimum atomic E-state index is -0.608. The number of aliphatic hydroxyl groups excluding tert-OH is 1. The molecule has 0 aliphatic carbocycles. The maximum atomic E-state index is 13.2. The number of hydrogen-bond acceptors (Lipinski definition) is 3. The lowest BCUT2D eigenvalue weighted by Crippen LogP contribution is -2.30. The Bertz CT molecular complexity index is 1090. The molecule has 1 amide bonds. The van der Waals surface area contributed by atoms with Crippen molar-refractivity contribution in [2.75, 3.05) is 6.54 Å². The standard InChI is InChI=1S/C34H46BrNO3/c1-3-4-5-6-7-8-9-10-11-12-13-14-15-16-24-36-31(27-22-20-26(2)21-23-27)30(33(38)34(36)39)32(37)28-18-17-19-29(35)25-28/h17-23,25,31,37H,3-16,24H2,1-2H3. The van der Waals surface area contributed by atoms with E-state index >= 15 is 0 Å². The Morgan fingerprint density at radius 2 is 1.33 bits per heavy atom. The van der Waals surface area contributed by atoms with Gasteiger partial charge in [0.1, 0.15) is 5.76 Å². The van der Waals surface area contributed by atoms with Crippen molar-refractivity contribution in [3.63, 3.8) is 0 Å². The third kappa shape index (κ3) is 9.34. The van der Waals surface area contributed by atoms with Crippen molar-refractivity contribution in [1.29, 1.82) is 0 Å². The molecular formula is C34H46BrNO3. The molecule has 1 aliphatic rings. The number of likely N-dealkylation sites (tertiary alicyclic amines) is 1. The van der Waals surface area contributed by atoms with Crippen LogP contribution in [0.3, 0.4) is 0 Å². The van der Waals surface area contributed by atoms with Gasteiger partial charge in [0.05, 0.1) is 11.6 Å². The van der Waals surface area contributed by atoms with Gasteiger partial charge < -0.3 is 10.0 Å². The Hall–Kier alpha value is -2.40. The van der Waals surface area contributed by atoms with Crippen LogP contribution in [-0.4, -0.2) is 28.2 Å². The van der Waals surface area contributed by atoms with E-state index in [-0.39, 0.29) is 11.3 Å². The SMILES string of the molecule is CCCCCCCCCCCCCCCCN1C(=O)C(=O)C(=C(O)c2cccc(Br)c2)C1c1ccc(C)cc1. The van der Waals surface area contributed by atoms with Crippen LogP contribution in [0.25, 0.3) is 5.76 Å². The summed E-state index contributed by atoms with van der Waals surface area (Å²) in [5.74, 6) is -1.25. The number of carbonyl (C=O) groups excluding carboxylic acids is 2. The maximum absolute atomic E-state index is 13.2. The van der Waals surface area contributed by atoms with E-state index in [1.165, 1.54) is 70.6 Å². The van der Waals surface area contributed by atoms with Crippen LogP contribution in [0.5, 0.6) is 0 Å². The maximum Gasteiger partial charge on any atom is 0.295 e. The smallest absolute Gasteiger partial charge is 0.295 e. The molecule has 5 heteroatoms. The van der Waals surface area contributed by atoms with Crippen molar-refractivity contribution in [2.24, 2.45) is 0 Å². The third-order valence-electron chi connectivity index (χ3n) is 7.78. The fourth-order valence-electron chi connectivity index (χ4n) is 5.47. The summed E-state index contributed by atoms with van der Waals surface area (Å²) >= 11 is 3.44. The molecule has 1 atom stereocenters. The molecule has 1 heterocycles. The highest BCUT2D eigenvalue weighted by Gasteiger charge is 2.45. The minimum Gasteiger partial charge on any atom is -0.507 e. The molecule has 1 aliphatic heterocycles. The molecule has 2 aromatic rings. The molecule has 0 radical (unpaired) electrons. The van der Waals surface area contributed by atoms with Crippen molar-refractivity contribution < 1.29 is 14.7 Å². The van der Waals surface area contributed by atoms with Gasteiger partial charge in [-0.1, -0.05) is 148 Å². The van der Waals surface area contributed by atoms with Gasteiger partial charge in [0.25, 0.3) is 11.7 Å². The summed E-state index contributed by atoms with van der Waals surface area (Å²) in [5.41, 5.74) is 2.65. The van der Waals surface area contributed by atoms with Gasteiger partial charge >= 0.3 is 0 Å². The fourth-order valence-corrected chi connectivity index (χ4v) is 5.87. The van der Waals surface area contributed by atoms with Gasteiger partial charge in [-0.15, -0.1) is 0 Å². The highest BCUT2D eigenvalue weighted by Crippen LogP contribution is 2.40. The number of rotatable bonds is 17. The second-order valence-electron chi connectivity index (χ2n) is 11.0. The molecule has 2 aromatic carbocycles. The summed E-state index contributed by atoms with van der Waals surface area (Å²) in [7, 11) is 0. The molecule has 1 fully saturated rings. The molecule has 1 unspecified atom stereocenters. The largest absolute Gasteiger partial charge is 0.507 e. The van der Waals surface area contributed by atoms with E-state index in [4.69, 9.17) is 0 Å². The van der Waals surface area contributed by atoms with E-state index in [1.807, 2.05) is 43.3 Å². The quantitative estimate of drug-likeness (QED) is 0.0856. The molecule has 3 rings (SSSR count). The number of nitrogens with zero attached hydrogens (tertiary/aromatic N) is 1. The topological polar surface area (TPSA) is 57.6 Å². The van der Waals surface area contributed by atoms with Crippen molar-refractivity contribution >= 4 is 33.4 Å². The van der Waals surface area contributed by atoms with E-state index in [9.17, 15) is 14.7 Å². The monoisotopic (exact) mass is 595 g/mol. The Morgan fingerprint density at radius 1 is 0.795 bits per heavy atom. The van der Waals surface area contributed by atoms with Crippen molar-refractivity contribution in [2.45, 2.75) is 110 Å². The van der Waals surface area contributed by atoms with Crippen molar-refractivity contribution in [3.05, 3.63) is 75.3 Å². The molecule has 39 heavy (non-hydrogen) atoms. The number of Topliss-reactive ketones (excluding diaryl/α,β-unsaturated/α-hetero) is 1. The number of aryl methyl sites for hydroxylation is 1. The summed E-state index contributed by atoms with van der Waals surface area (Å²) in [5, 5.41) is 11.2. The molecule has 212 valence electrons. The Balaban J connectivity index is 1.53. The second-order valence-corrected chi connectivity index (χ2v) is 11.9. The molecule has 1 N–H and O–H groups in total. The molecule has 1 saturated heterocycles. The first kappa shape index (κ1) is 31.1. The molecule has 0 saturated carbocycles. The number of halogens is 1. The Kier molecular flexibility index (Phi) is 13.3. The van der Waals surface area contributed by atoms with E-state index in [0.29, 0.717) is 12.1 Å². The number of unbranched alkanes of at least 4 members (excludes halogenated alkanes) is 13. The van der Waals surface area contributed by atoms with Crippen LogP contribution in [0.4, 0.5) is 0 Å². The number of benzene rings is 2. The molecule has 4 nitrogen and oxygen atoms in total. The van der Waals surface area contributed by atoms with Crippen LogP contribution < -0.4 is 0 Å². The molecule has 0 aromatic heterocycles. The predicted molar refractivity (Wildman–Crippen MR) is 165 cm³/mol. The van der Waals surface area contributed by atoms with Gasteiger partial charge in [-0.25, -0.2) is 0 Å². The number of carbonyl (C=O) groups is 2. The van der Waals surface area contributed by atoms with Crippen LogP contribution >= 0.6 is 15.9 Å². The average molecular weight is 597 g/mol. The average Bonchev–Trinajstić information content (AvgIpc) is 3.18. The number of amides is 1. The van der Waals surface area contributed by atoms with E-state index in [1.54, 1.807) is 17.0 Å². The molecule has 0 spiro atoms. The van der Waals surface area contributed by atoms with Crippen LogP contribution in [0.2, 0.25) is 0 Å². The predicted octanol–water partition coefficient (Wildman–Crippen LogP) is 9.66. The number of aliphatic hydroxyl groups is 1.